The van der Waals surface area contributed by atoms with Gasteiger partial charge in [-0.05, 0) is 65.2 Å². The first-order chi connectivity index (χ1) is 20.5. The van der Waals surface area contributed by atoms with Crippen LogP contribution in [0, 0.1) is 0 Å². The molecule has 6 rings (SSSR count). The van der Waals surface area contributed by atoms with E-state index in [1.807, 2.05) is 73.2 Å². The molecule has 1 aliphatic rings. The molecule has 1 fully saturated rings. The predicted molar refractivity (Wildman–Crippen MR) is 170 cm³/mol. The average molecular weight is 594 g/mol. The molecule has 218 valence electrons. The second-order valence-electron chi connectivity index (χ2n) is 9.89. The van der Waals surface area contributed by atoms with Gasteiger partial charge in [0.15, 0.2) is 0 Å². The van der Waals surface area contributed by atoms with Gasteiger partial charge in [0.25, 0.3) is 0 Å². The van der Waals surface area contributed by atoms with E-state index in [0.717, 1.165) is 59.7 Å². The molecule has 1 aliphatic heterocycles. The molecule has 10 nitrogen and oxygen atoms in total. The van der Waals surface area contributed by atoms with Crippen molar-refractivity contribution in [3.63, 3.8) is 0 Å². The summed E-state index contributed by atoms with van der Waals surface area (Å²) in [6, 6.07) is 24.3. The van der Waals surface area contributed by atoms with Crippen LogP contribution in [0.5, 0.6) is 0 Å². The van der Waals surface area contributed by atoms with Gasteiger partial charge in [-0.3, -0.25) is 14.8 Å². The van der Waals surface area contributed by atoms with E-state index >= 15 is 0 Å². The molecule has 2 aromatic heterocycles. The van der Waals surface area contributed by atoms with Crippen LogP contribution in [0.4, 0.5) is 22.9 Å². The van der Waals surface area contributed by atoms with Crippen LogP contribution >= 0.6 is 0 Å². The van der Waals surface area contributed by atoms with Crippen molar-refractivity contribution in [1.82, 2.24) is 15.0 Å². The molecular weight excluding hydrogens is 562 g/mol. The summed E-state index contributed by atoms with van der Waals surface area (Å²) in [6.45, 7) is 3.53. The number of piperazine rings is 1. The van der Waals surface area contributed by atoms with Gasteiger partial charge in [-0.15, -0.1) is 4.36 Å². The largest absolute Gasteiger partial charge is 0.368 e. The van der Waals surface area contributed by atoms with Crippen LogP contribution < -0.4 is 15.1 Å². The summed E-state index contributed by atoms with van der Waals surface area (Å²) >= 11 is 0. The Morgan fingerprint density at radius 1 is 0.814 bits per heavy atom. The van der Waals surface area contributed by atoms with Crippen LogP contribution in [0.1, 0.15) is 13.0 Å². The van der Waals surface area contributed by atoms with E-state index in [0.29, 0.717) is 11.4 Å². The number of fused-ring (bicyclic) bond motifs is 1. The SMILES string of the molecule is C.O=C(Cc1ccc(N=S(=O)=O)cc1)Nc1ccc(-c2ccc3ncc(N4CCN(c5ccncc5)CC4)nc3c2)cc1. The maximum atomic E-state index is 12.5. The van der Waals surface area contributed by atoms with E-state index in [-0.39, 0.29) is 19.8 Å². The maximum Gasteiger partial charge on any atom is 0.316 e. The first-order valence-electron chi connectivity index (χ1n) is 13.5. The molecule has 0 spiro atoms. The lowest BCUT2D eigenvalue weighted by molar-refractivity contribution is -0.115. The second-order valence-corrected chi connectivity index (χ2v) is 10.5. The van der Waals surface area contributed by atoms with E-state index < -0.39 is 10.5 Å². The van der Waals surface area contributed by atoms with Gasteiger partial charge in [0, 0.05) is 49.9 Å². The van der Waals surface area contributed by atoms with Gasteiger partial charge in [0.1, 0.15) is 5.82 Å². The highest BCUT2D eigenvalue weighted by Crippen LogP contribution is 2.26. The van der Waals surface area contributed by atoms with Gasteiger partial charge in [-0.1, -0.05) is 37.8 Å². The van der Waals surface area contributed by atoms with Crippen molar-refractivity contribution in [1.29, 1.82) is 0 Å². The number of nitrogens with zero attached hydrogens (tertiary/aromatic N) is 6. The summed E-state index contributed by atoms with van der Waals surface area (Å²) in [6.07, 6.45) is 5.65. The van der Waals surface area contributed by atoms with Crippen LogP contribution in [-0.4, -0.2) is 55.5 Å². The Balaban J connectivity index is 0.00000368. The molecule has 3 heterocycles. The molecule has 1 N–H and O–H groups in total. The topological polar surface area (TPSA) is 121 Å². The Hall–Kier alpha value is -5.16. The smallest absolute Gasteiger partial charge is 0.316 e. The Kier molecular flexibility index (Phi) is 9.02. The first kappa shape index (κ1) is 29.3. The highest BCUT2D eigenvalue weighted by atomic mass is 32.2. The first-order valence-corrected chi connectivity index (χ1v) is 14.5. The van der Waals surface area contributed by atoms with E-state index in [4.69, 9.17) is 4.98 Å². The van der Waals surface area contributed by atoms with Crippen LogP contribution in [0.15, 0.2) is 102 Å². The number of pyridine rings is 1. The minimum absolute atomic E-state index is 0. The fourth-order valence-corrected chi connectivity index (χ4v) is 5.27. The molecule has 0 bridgehead atoms. The molecule has 1 saturated heterocycles. The molecule has 0 atom stereocenters. The molecule has 5 aromatic rings. The third-order valence-corrected chi connectivity index (χ3v) is 7.50. The van der Waals surface area contributed by atoms with Gasteiger partial charge in [0.2, 0.25) is 5.91 Å². The quantitative estimate of drug-likeness (QED) is 0.262. The number of benzene rings is 3. The predicted octanol–water partition coefficient (Wildman–Crippen LogP) is 5.53. The normalized spacial score (nSPS) is 12.8. The zero-order valence-corrected chi connectivity index (χ0v) is 23.4. The van der Waals surface area contributed by atoms with Crippen molar-refractivity contribution in [2.75, 3.05) is 41.3 Å². The van der Waals surface area contributed by atoms with Crippen molar-refractivity contribution >= 4 is 50.3 Å². The highest BCUT2D eigenvalue weighted by Gasteiger charge is 2.19. The molecule has 0 aliphatic carbocycles. The molecule has 11 heteroatoms. The van der Waals surface area contributed by atoms with Crippen molar-refractivity contribution in [3.8, 4) is 11.1 Å². The van der Waals surface area contributed by atoms with Crippen molar-refractivity contribution in [2.45, 2.75) is 13.8 Å². The standard InChI is InChI=1S/C31H27N7O3S.CH4/c39-31(19-22-1-6-26(7-2-22)36-42(40)41)34-25-8-3-23(4-9-25)24-5-10-28-29(20-24)35-30(21-33-28)38-17-15-37(16-18-38)27-11-13-32-14-12-27;/h1-14,20-21H,15-19H2,(H,34,39);1H4. The Morgan fingerprint density at radius 3 is 2.19 bits per heavy atom. The average Bonchev–Trinajstić information content (AvgIpc) is 3.02. The van der Waals surface area contributed by atoms with Crippen LogP contribution in [-0.2, 0) is 21.7 Å². The summed E-state index contributed by atoms with van der Waals surface area (Å²) in [7, 11) is -2.51. The summed E-state index contributed by atoms with van der Waals surface area (Å²) in [5, 5.41) is 2.91. The molecule has 43 heavy (non-hydrogen) atoms. The third-order valence-electron chi connectivity index (χ3n) is 7.14. The maximum absolute atomic E-state index is 12.5. The molecule has 0 unspecified atom stereocenters. The number of hydrogen-bond acceptors (Lipinski definition) is 9. The summed E-state index contributed by atoms with van der Waals surface area (Å²) in [4.78, 5) is 30.9. The lowest BCUT2D eigenvalue weighted by Gasteiger charge is -2.36. The Bertz CT molecular complexity index is 1850. The number of rotatable bonds is 7. The summed E-state index contributed by atoms with van der Waals surface area (Å²) < 4.78 is 24.8. The van der Waals surface area contributed by atoms with Crippen LogP contribution in [0.2, 0.25) is 0 Å². The van der Waals surface area contributed by atoms with Crippen molar-refractivity contribution in [3.05, 3.63) is 103 Å². The Labute approximate surface area is 251 Å². The zero-order chi connectivity index (χ0) is 28.9. The molecule has 1 amide bonds. The number of carbonyl (C=O) groups excluding carboxylic acids is 1. The molecule has 0 saturated carbocycles. The van der Waals surface area contributed by atoms with Gasteiger partial charge >= 0.3 is 10.5 Å². The van der Waals surface area contributed by atoms with Gasteiger partial charge < -0.3 is 15.1 Å². The van der Waals surface area contributed by atoms with Gasteiger partial charge in [-0.2, -0.15) is 8.42 Å². The lowest BCUT2D eigenvalue weighted by Crippen LogP contribution is -2.46. The Morgan fingerprint density at radius 2 is 1.49 bits per heavy atom. The van der Waals surface area contributed by atoms with E-state index in [9.17, 15) is 13.2 Å². The van der Waals surface area contributed by atoms with Crippen LogP contribution in [0.3, 0.4) is 0 Å². The van der Waals surface area contributed by atoms with E-state index in [1.165, 1.54) is 5.69 Å². The fraction of sp³-hybridized carbons (Fsp3) is 0.188. The number of anilines is 3. The number of carbonyl (C=O) groups is 1. The molecule has 3 aromatic carbocycles. The zero-order valence-electron chi connectivity index (χ0n) is 22.6. The van der Waals surface area contributed by atoms with Gasteiger partial charge in [0.05, 0.1) is 29.3 Å². The second kappa shape index (κ2) is 13.2. The highest BCUT2D eigenvalue weighted by molar-refractivity contribution is 7.61. The monoisotopic (exact) mass is 593 g/mol. The van der Waals surface area contributed by atoms with Crippen molar-refractivity contribution in [2.24, 2.45) is 4.36 Å². The van der Waals surface area contributed by atoms with Gasteiger partial charge in [-0.25, -0.2) is 4.98 Å². The summed E-state index contributed by atoms with van der Waals surface area (Å²) in [5.74, 6) is 0.700. The fourth-order valence-electron chi connectivity index (χ4n) is 4.98. The lowest BCUT2D eigenvalue weighted by atomic mass is 10.0. The molecular formula is C32H31N7O3S. The van der Waals surface area contributed by atoms with E-state index in [1.54, 1.807) is 24.3 Å². The summed E-state index contributed by atoms with van der Waals surface area (Å²) in [5.41, 5.74) is 6.63. The minimum Gasteiger partial charge on any atom is -0.368 e. The number of aromatic nitrogens is 3. The van der Waals surface area contributed by atoms with Crippen molar-refractivity contribution < 1.29 is 13.2 Å². The van der Waals surface area contributed by atoms with E-state index in [2.05, 4.69) is 29.4 Å². The number of hydrogen-bond donors (Lipinski definition) is 1. The number of nitrogens with one attached hydrogen (secondary N) is 1. The minimum atomic E-state index is -2.51. The molecule has 0 radical (unpaired) electrons. The number of amides is 1. The third kappa shape index (κ3) is 7.19. The van der Waals surface area contributed by atoms with Crippen LogP contribution in [0.25, 0.3) is 22.2 Å².